The molecule has 7 nitrogen and oxygen atoms in total. The number of phenolic OH excluding ortho intramolecular Hbond substituents is 1. The van der Waals surface area contributed by atoms with Gasteiger partial charge in [0, 0.05) is 5.56 Å². The first kappa shape index (κ1) is 23.2. The van der Waals surface area contributed by atoms with Gasteiger partial charge >= 0.3 is 0 Å². The summed E-state index contributed by atoms with van der Waals surface area (Å²) in [7, 11) is 2.86. The van der Waals surface area contributed by atoms with Crippen LogP contribution < -0.4 is 14.4 Å². The van der Waals surface area contributed by atoms with Crippen LogP contribution in [0.4, 0.5) is 5.69 Å². The number of Topliss-reactive ketones (excluding diaryl/α,β-unsaturated/α-hetero) is 1. The highest BCUT2D eigenvalue weighted by atomic mass is 35.5. The number of methoxy groups -OCH3 is 2. The predicted octanol–water partition coefficient (Wildman–Crippen LogP) is 5.00. The fourth-order valence-corrected chi connectivity index (χ4v) is 4.54. The molecule has 1 fully saturated rings. The molecule has 4 rings (SSSR count). The molecule has 0 saturated carbocycles. The van der Waals surface area contributed by atoms with E-state index in [9.17, 15) is 19.8 Å². The van der Waals surface area contributed by atoms with Gasteiger partial charge in [0.2, 0.25) is 0 Å². The Morgan fingerprint density at radius 1 is 1.00 bits per heavy atom. The molecule has 1 aliphatic rings. The number of nitrogens with zero attached hydrogens (tertiary/aromatic N) is 1. The first-order chi connectivity index (χ1) is 16.3. The number of halogens is 1. The highest BCUT2D eigenvalue weighted by Crippen LogP contribution is 2.48. The molecule has 1 amide bonds. The minimum Gasteiger partial charge on any atom is -0.507 e. The van der Waals surface area contributed by atoms with Gasteiger partial charge < -0.3 is 19.7 Å². The van der Waals surface area contributed by atoms with E-state index in [1.165, 1.54) is 26.4 Å². The number of carbonyl (C=O) groups excluding carboxylic acids is 2. The smallest absolute Gasteiger partial charge is 0.300 e. The van der Waals surface area contributed by atoms with E-state index in [0.717, 1.165) is 10.5 Å². The summed E-state index contributed by atoms with van der Waals surface area (Å²) in [5, 5.41) is 22.2. The van der Waals surface area contributed by atoms with Gasteiger partial charge in [0.1, 0.15) is 23.0 Å². The number of amides is 1. The minimum atomic E-state index is -1.09. The minimum absolute atomic E-state index is 0.119. The van der Waals surface area contributed by atoms with Gasteiger partial charge in [0.15, 0.2) is 0 Å². The number of aromatic hydroxyl groups is 1. The SMILES string of the molecule is COc1ccccc1C1/C(=C(\O)c2cc(C)cc(Cl)c2OC)C(=O)C(=O)N1c1ccccc1O. The van der Waals surface area contributed by atoms with Crippen molar-refractivity contribution in [2.24, 2.45) is 0 Å². The maximum Gasteiger partial charge on any atom is 0.300 e. The number of benzene rings is 3. The van der Waals surface area contributed by atoms with Crippen molar-refractivity contribution < 1.29 is 29.3 Å². The first-order valence-corrected chi connectivity index (χ1v) is 10.7. The van der Waals surface area contributed by atoms with Crippen LogP contribution in [0.2, 0.25) is 5.02 Å². The maximum absolute atomic E-state index is 13.4. The number of phenols is 1. The Morgan fingerprint density at radius 2 is 1.68 bits per heavy atom. The van der Waals surface area contributed by atoms with Crippen molar-refractivity contribution in [3.8, 4) is 17.2 Å². The molecule has 0 radical (unpaired) electrons. The Labute approximate surface area is 201 Å². The van der Waals surface area contributed by atoms with Crippen LogP contribution in [0, 0.1) is 6.92 Å². The third-order valence-electron chi connectivity index (χ3n) is 5.67. The molecule has 1 unspecified atom stereocenters. The summed E-state index contributed by atoms with van der Waals surface area (Å²) < 4.78 is 10.9. The van der Waals surface area contributed by atoms with Crippen LogP contribution in [0.1, 0.15) is 22.7 Å². The van der Waals surface area contributed by atoms with Crippen molar-refractivity contribution in [1.29, 1.82) is 0 Å². The number of ketones is 1. The maximum atomic E-state index is 13.4. The Hall–Kier alpha value is -3.97. The van der Waals surface area contributed by atoms with Gasteiger partial charge in [0.25, 0.3) is 11.7 Å². The van der Waals surface area contributed by atoms with Crippen LogP contribution >= 0.6 is 11.6 Å². The Balaban J connectivity index is 2.07. The number of aliphatic hydroxyl groups excluding tert-OH is 1. The molecule has 2 N–H and O–H groups in total. The largest absolute Gasteiger partial charge is 0.507 e. The van der Waals surface area contributed by atoms with E-state index >= 15 is 0 Å². The molecule has 0 aliphatic carbocycles. The molecule has 34 heavy (non-hydrogen) atoms. The Bertz CT molecular complexity index is 1330. The number of rotatable bonds is 5. The van der Waals surface area contributed by atoms with E-state index in [2.05, 4.69) is 0 Å². The summed E-state index contributed by atoms with van der Waals surface area (Å²) in [5.41, 5.74) is 1.28. The predicted molar refractivity (Wildman–Crippen MR) is 129 cm³/mol. The second kappa shape index (κ2) is 9.11. The monoisotopic (exact) mass is 479 g/mol. The van der Waals surface area contributed by atoms with Crippen LogP contribution in [0.15, 0.2) is 66.2 Å². The van der Waals surface area contributed by atoms with Gasteiger partial charge in [-0.2, -0.15) is 0 Å². The molecule has 1 aliphatic heterocycles. The number of anilines is 1. The molecule has 8 heteroatoms. The zero-order valence-corrected chi connectivity index (χ0v) is 19.5. The molecule has 0 aromatic heterocycles. The lowest BCUT2D eigenvalue weighted by molar-refractivity contribution is -0.132. The molecule has 0 spiro atoms. The van der Waals surface area contributed by atoms with Crippen LogP contribution in [0.3, 0.4) is 0 Å². The second-order valence-electron chi connectivity index (χ2n) is 7.73. The van der Waals surface area contributed by atoms with Gasteiger partial charge in [-0.1, -0.05) is 41.9 Å². The molecule has 174 valence electrons. The number of para-hydroxylation sites is 3. The lowest BCUT2D eigenvalue weighted by Gasteiger charge is -2.27. The van der Waals surface area contributed by atoms with Crippen molar-refractivity contribution in [2.45, 2.75) is 13.0 Å². The summed E-state index contributed by atoms with van der Waals surface area (Å²) in [5.74, 6) is -1.91. The standard InChI is InChI=1S/C26H22ClNO6/c1-14-12-16(25(34-3)17(27)13-14)23(30)21-22(15-8-4-7-11-20(15)33-2)28(26(32)24(21)31)18-9-5-6-10-19(18)29/h4-13,22,29-30H,1-3H3/b23-21+. The van der Waals surface area contributed by atoms with Crippen molar-refractivity contribution in [3.05, 3.63) is 87.9 Å². The number of carbonyl (C=O) groups is 2. The Morgan fingerprint density at radius 3 is 2.35 bits per heavy atom. The van der Waals surface area contributed by atoms with Gasteiger partial charge in [-0.3, -0.25) is 14.5 Å². The van der Waals surface area contributed by atoms with E-state index in [4.69, 9.17) is 21.1 Å². The molecule has 0 bridgehead atoms. The first-order valence-electron chi connectivity index (χ1n) is 10.4. The summed E-state index contributed by atoms with van der Waals surface area (Å²) in [6, 6.07) is 15.2. The van der Waals surface area contributed by atoms with Gasteiger partial charge in [-0.15, -0.1) is 0 Å². The zero-order valence-electron chi connectivity index (χ0n) is 18.7. The average molecular weight is 480 g/mol. The lowest BCUT2D eigenvalue weighted by Crippen LogP contribution is -2.29. The van der Waals surface area contributed by atoms with Crippen LogP contribution in [-0.2, 0) is 9.59 Å². The number of aryl methyl sites for hydroxylation is 1. The second-order valence-corrected chi connectivity index (χ2v) is 8.13. The average Bonchev–Trinajstić information content (AvgIpc) is 3.08. The van der Waals surface area contributed by atoms with Crippen LogP contribution in [0.25, 0.3) is 5.76 Å². The third-order valence-corrected chi connectivity index (χ3v) is 5.95. The fraction of sp³-hybridized carbons (Fsp3) is 0.154. The number of aliphatic hydroxyl groups is 1. The van der Waals surface area contributed by atoms with Gasteiger partial charge in [0.05, 0.1) is 42.1 Å². The molecule has 1 atom stereocenters. The number of hydrogen-bond acceptors (Lipinski definition) is 6. The Kier molecular flexibility index (Phi) is 6.22. The number of ether oxygens (including phenoxy) is 2. The highest BCUT2D eigenvalue weighted by molar-refractivity contribution is 6.52. The fourth-order valence-electron chi connectivity index (χ4n) is 4.19. The molecule has 3 aromatic rings. The normalized spacial score (nSPS) is 17.2. The third kappa shape index (κ3) is 3.74. The van der Waals surface area contributed by atoms with Crippen molar-refractivity contribution >= 4 is 34.7 Å². The van der Waals surface area contributed by atoms with Gasteiger partial charge in [-0.25, -0.2) is 0 Å². The number of hydrogen-bond donors (Lipinski definition) is 2. The molecule has 1 saturated heterocycles. The lowest BCUT2D eigenvalue weighted by atomic mass is 9.93. The summed E-state index contributed by atoms with van der Waals surface area (Å²) in [4.78, 5) is 27.8. The molecular formula is C26H22ClNO6. The van der Waals surface area contributed by atoms with Crippen LogP contribution in [0.5, 0.6) is 17.2 Å². The van der Waals surface area contributed by atoms with Crippen molar-refractivity contribution in [2.75, 3.05) is 19.1 Å². The van der Waals surface area contributed by atoms with Crippen molar-refractivity contribution in [1.82, 2.24) is 0 Å². The zero-order chi connectivity index (χ0) is 24.6. The van der Waals surface area contributed by atoms with E-state index in [0.29, 0.717) is 11.3 Å². The van der Waals surface area contributed by atoms with E-state index in [1.807, 2.05) is 0 Å². The van der Waals surface area contributed by atoms with Gasteiger partial charge in [-0.05, 0) is 42.8 Å². The summed E-state index contributed by atoms with van der Waals surface area (Å²) in [6.07, 6.45) is 0. The summed E-state index contributed by atoms with van der Waals surface area (Å²) >= 11 is 6.32. The van der Waals surface area contributed by atoms with E-state index < -0.39 is 23.5 Å². The summed E-state index contributed by atoms with van der Waals surface area (Å²) in [6.45, 7) is 1.78. The van der Waals surface area contributed by atoms with Crippen LogP contribution in [-0.4, -0.2) is 36.1 Å². The highest BCUT2D eigenvalue weighted by Gasteiger charge is 2.48. The quantitative estimate of drug-likeness (QED) is 0.304. The molecule has 3 aromatic carbocycles. The molecular weight excluding hydrogens is 458 g/mol. The van der Waals surface area contributed by atoms with Crippen molar-refractivity contribution in [3.63, 3.8) is 0 Å². The van der Waals surface area contributed by atoms with E-state index in [-0.39, 0.29) is 33.3 Å². The van der Waals surface area contributed by atoms with E-state index in [1.54, 1.807) is 55.5 Å². The molecule has 1 heterocycles. The topological polar surface area (TPSA) is 96.3 Å².